The topological polar surface area (TPSA) is 97.1 Å². The summed E-state index contributed by atoms with van der Waals surface area (Å²) < 4.78 is 1.74. The van der Waals surface area contributed by atoms with Gasteiger partial charge < -0.3 is 10.4 Å². The number of aromatic nitrogens is 3. The van der Waals surface area contributed by atoms with Crippen LogP contribution in [0.15, 0.2) is 65.0 Å². The molecule has 5 rings (SSSR count). The molecule has 0 amide bonds. The first kappa shape index (κ1) is 22.7. The highest BCUT2D eigenvalue weighted by Crippen LogP contribution is 2.45. The van der Waals surface area contributed by atoms with Gasteiger partial charge in [-0.2, -0.15) is 4.98 Å². The lowest BCUT2D eigenvalue weighted by Gasteiger charge is -2.38. The van der Waals surface area contributed by atoms with E-state index in [1.807, 2.05) is 24.3 Å². The fourth-order valence-electron chi connectivity index (χ4n) is 4.52. The van der Waals surface area contributed by atoms with Gasteiger partial charge >= 0.3 is 5.97 Å². The standard InChI is InChI=1S/C25H23ClN4O3S/c1-25(2)11-18-20(19(31)12-25)21(14-7-9-15(10-8-14)22(32)33)30-23(27-18)28-24(29-30)34-13-16-5-3-4-6-17(16)26/h3-10,21H,11-13H2,1-2H3,(H,32,33)(H,27,28,29). The van der Waals surface area contributed by atoms with E-state index < -0.39 is 12.0 Å². The number of benzene rings is 2. The molecule has 0 saturated carbocycles. The van der Waals surface area contributed by atoms with E-state index in [9.17, 15) is 14.7 Å². The summed E-state index contributed by atoms with van der Waals surface area (Å²) in [6.07, 6.45) is 1.15. The molecule has 1 unspecified atom stereocenters. The lowest BCUT2D eigenvalue weighted by molar-refractivity contribution is -0.118. The highest BCUT2D eigenvalue weighted by Gasteiger charge is 2.41. The molecule has 2 heterocycles. The number of hydrogen-bond acceptors (Lipinski definition) is 6. The lowest BCUT2D eigenvalue weighted by atomic mass is 9.73. The first-order chi connectivity index (χ1) is 16.2. The second-order valence-electron chi connectivity index (χ2n) is 9.33. The van der Waals surface area contributed by atoms with Crippen LogP contribution in [-0.4, -0.2) is 31.6 Å². The Kier molecular flexibility index (Phi) is 5.73. The van der Waals surface area contributed by atoms with E-state index in [0.717, 1.165) is 16.8 Å². The van der Waals surface area contributed by atoms with E-state index in [2.05, 4.69) is 19.2 Å². The largest absolute Gasteiger partial charge is 0.478 e. The van der Waals surface area contributed by atoms with E-state index in [4.69, 9.17) is 21.7 Å². The SMILES string of the molecule is CC1(C)CC(=O)C2=C(C1)Nc1nc(SCc3ccccc3Cl)nn1C2c1ccc(C(=O)O)cc1. The number of nitrogens with one attached hydrogen (secondary N) is 1. The number of ketones is 1. The van der Waals surface area contributed by atoms with Gasteiger partial charge in [0.25, 0.3) is 0 Å². The minimum atomic E-state index is -0.994. The molecule has 1 aromatic heterocycles. The van der Waals surface area contributed by atoms with Crippen molar-refractivity contribution in [1.29, 1.82) is 0 Å². The summed E-state index contributed by atoms with van der Waals surface area (Å²) in [6.45, 7) is 4.16. The summed E-state index contributed by atoms with van der Waals surface area (Å²) in [5, 5.41) is 18.6. The van der Waals surface area contributed by atoms with Crippen LogP contribution in [0.25, 0.3) is 0 Å². The van der Waals surface area contributed by atoms with Crippen LogP contribution < -0.4 is 5.32 Å². The molecule has 1 atom stereocenters. The van der Waals surface area contributed by atoms with E-state index in [1.54, 1.807) is 28.9 Å². The Morgan fingerprint density at radius 2 is 1.94 bits per heavy atom. The highest BCUT2D eigenvalue weighted by atomic mass is 35.5. The van der Waals surface area contributed by atoms with Crippen LogP contribution in [0, 0.1) is 5.41 Å². The monoisotopic (exact) mass is 494 g/mol. The smallest absolute Gasteiger partial charge is 0.335 e. The second kappa shape index (κ2) is 8.60. The number of carbonyl (C=O) groups is 2. The lowest BCUT2D eigenvalue weighted by Crippen LogP contribution is -2.36. The van der Waals surface area contributed by atoms with Crippen LogP contribution in [0.1, 0.15) is 54.2 Å². The van der Waals surface area contributed by atoms with Gasteiger partial charge in [-0.25, -0.2) is 9.48 Å². The minimum Gasteiger partial charge on any atom is -0.478 e. The average Bonchev–Trinajstić information content (AvgIpc) is 3.19. The Labute approximate surface area is 206 Å². The van der Waals surface area contributed by atoms with Gasteiger partial charge in [0, 0.05) is 28.5 Å². The normalized spacial score (nSPS) is 18.8. The predicted molar refractivity (Wildman–Crippen MR) is 131 cm³/mol. The van der Waals surface area contributed by atoms with Crippen molar-refractivity contribution in [2.75, 3.05) is 5.32 Å². The van der Waals surface area contributed by atoms with Gasteiger partial charge in [-0.05, 0) is 41.2 Å². The highest BCUT2D eigenvalue weighted by molar-refractivity contribution is 7.98. The first-order valence-corrected chi connectivity index (χ1v) is 12.3. The number of carbonyl (C=O) groups excluding carboxylic acids is 1. The van der Waals surface area contributed by atoms with Crippen LogP contribution in [-0.2, 0) is 10.5 Å². The fraction of sp³-hybridized carbons (Fsp3) is 0.280. The van der Waals surface area contributed by atoms with Crippen molar-refractivity contribution in [2.24, 2.45) is 5.41 Å². The molecule has 0 spiro atoms. The van der Waals surface area contributed by atoms with Crippen LogP contribution >= 0.6 is 23.4 Å². The molecule has 34 heavy (non-hydrogen) atoms. The van der Waals surface area contributed by atoms with E-state index in [1.165, 1.54) is 11.8 Å². The number of nitrogens with zero attached hydrogens (tertiary/aromatic N) is 3. The van der Waals surface area contributed by atoms with Crippen molar-refractivity contribution in [3.63, 3.8) is 0 Å². The molecule has 0 radical (unpaired) electrons. The number of allylic oxidation sites excluding steroid dienone is 2. The number of carboxylic acids is 1. The summed E-state index contributed by atoms with van der Waals surface area (Å²) in [4.78, 5) is 29.3. The number of halogens is 1. The Morgan fingerprint density at radius 3 is 2.65 bits per heavy atom. The molecule has 2 N–H and O–H groups in total. The van der Waals surface area contributed by atoms with Crippen molar-refractivity contribution >= 4 is 41.1 Å². The zero-order valence-corrected chi connectivity index (χ0v) is 20.3. The van der Waals surface area contributed by atoms with Gasteiger partial charge in [0.1, 0.15) is 6.04 Å². The van der Waals surface area contributed by atoms with Gasteiger partial charge in [-0.15, -0.1) is 5.10 Å². The van der Waals surface area contributed by atoms with E-state index >= 15 is 0 Å². The number of hydrogen-bond donors (Lipinski definition) is 2. The van der Waals surface area contributed by atoms with Gasteiger partial charge in [0.05, 0.1) is 5.56 Å². The Balaban J connectivity index is 1.54. The van der Waals surface area contributed by atoms with Crippen LogP contribution in [0.4, 0.5) is 5.95 Å². The minimum absolute atomic E-state index is 0.0671. The fourth-order valence-corrected chi connectivity index (χ4v) is 5.64. The quantitative estimate of drug-likeness (QED) is 0.447. The maximum atomic E-state index is 13.3. The maximum Gasteiger partial charge on any atom is 0.335 e. The molecule has 9 heteroatoms. The number of fused-ring (bicyclic) bond motifs is 1. The molecule has 174 valence electrons. The Bertz CT molecular complexity index is 1330. The van der Waals surface area contributed by atoms with E-state index in [-0.39, 0.29) is 16.8 Å². The Morgan fingerprint density at radius 1 is 1.21 bits per heavy atom. The summed E-state index contributed by atoms with van der Waals surface area (Å²) in [5.74, 6) is 0.253. The molecule has 3 aromatic rings. The summed E-state index contributed by atoms with van der Waals surface area (Å²) in [7, 11) is 0. The van der Waals surface area contributed by atoms with Crippen LogP contribution in [0.2, 0.25) is 5.02 Å². The number of rotatable bonds is 5. The third kappa shape index (κ3) is 4.23. The van der Waals surface area contributed by atoms with Gasteiger partial charge in [0.15, 0.2) is 5.78 Å². The number of aromatic carboxylic acids is 1. The van der Waals surface area contributed by atoms with Crippen LogP contribution in [0.3, 0.4) is 0 Å². The molecular weight excluding hydrogens is 472 g/mol. The van der Waals surface area contributed by atoms with Gasteiger partial charge in [-0.3, -0.25) is 4.79 Å². The van der Waals surface area contributed by atoms with Gasteiger partial charge in [0.2, 0.25) is 11.1 Å². The Hall–Kier alpha value is -3.10. The zero-order valence-electron chi connectivity index (χ0n) is 18.7. The maximum absolute atomic E-state index is 13.3. The predicted octanol–water partition coefficient (Wildman–Crippen LogP) is 5.58. The van der Waals surface area contributed by atoms with Crippen molar-refractivity contribution in [3.05, 3.63) is 81.5 Å². The molecule has 1 aliphatic carbocycles. The molecule has 2 aromatic carbocycles. The van der Waals surface area contributed by atoms with Gasteiger partial charge in [-0.1, -0.05) is 67.5 Å². The van der Waals surface area contributed by atoms with E-state index in [0.29, 0.717) is 40.3 Å². The molecule has 7 nitrogen and oxygen atoms in total. The number of anilines is 1. The number of thioether (sulfide) groups is 1. The van der Waals surface area contributed by atoms with Crippen molar-refractivity contribution in [3.8, 4) is 0 Å². The zero-order chi connectivity index (χ0) is 24.0. The molecule has 1 aliphatic heterocycles. The molecular formula is C25H23ClN4O3S. The first-order valence-electron chi connectivity index (χ1n) is 10.9. The van der Waals surface area contributed by atoms with Crippen molar-refractivity contribution in [1.82, 2.24) is 14.8 Å². The summed E-state index contributed by atoms with van der Waals surface area (Å²) in [5.41, 5.74) is 3.34. The molecule has 0 fully saturated rings. The average molecular weight is 495 g/mol. The van der Waals surface area contributed by atoms with Crippen molar-refractivity contribution in [2.45, 2.75) is 43.6 Å². The molecule has 0 saturated heterocycles. The third-order valence-corrected chi connectivity index (χ3v) is 7.36. The molecule has 0 bridgehead atoms. The third-order valence-electron chi connectivity index (χ3n) is 6.10. The van der Waals surface area contributed by atoms with Crippen LogP contribution in [0.5, 0.6) is 0 Å². The van der Waals surface area contributed by atoms with Crippen molar-refractivity contribution < 1.29 is 14.7 Å². The number of Topliss-reactive ketones (excluding diaryl/α,β-unsaturated/α-hetero) is 1. The number of carboxylic acid groups (broad SMARTS) is 1. The molecule has 2 aliphatic rings. The second-order valence-corrected chi connectivity index (χ2v) is 10.7. The summed E-state index contributed by atoms with van der Waals surface area (Å²) >= 11 is 7.77. The summed E-state index contributed by atoms with van der Waals surface area (Å²) in [6, 6.07) is 13.8.